The van der Waals surface area contributed by atoms with Gasteiger partial charge in [0.25, 0.3) is 0 Å². The molecule has 0 aromatic heterocycles. The Morgan fingerprint density at radius 2 is 0.328 bits per heavy atom. The van der Waals surface area contributed by atoms with Crippen molar-refractivity contribution in [1.29, 1.82) is 0 Å². The molecule has 9 aromatic carbocycles. The number of nitrogens with zero attached hydrogens (tertiary/aromatic N) is 1. The summed E-state index contributed by atoms with van der Waals surface area (Å²) in [6, 6.07) is 52.3. The van der Waals surface area contributed by atoms with E-state index in [4.69, 9.17) is 0 Å². The van der Waals surface area contributed by atoms with Gasteiger partial charge in [0.1, 0.15) is 34.9 Å². The van der Waals surface area contributed by atoms with E-state index in [9.17, 15) is 26.3 Å². The first-order valence-corrected chi connectivity index (χ1v) is 25.9. The van der Waals surface area contributed by atoms with Gasteiger partial charge in [0, 0.05) is 64.8 Å². The molecule has 0 amide bonds. The van der Waals surface area contributed by atoms with Gasteiger partial charge >= 0.3 is 0 Å². The van der Waals surface area contributed by atoms with Gasteiger partial charge in [0.15, 0.2) is 21.4 Å². The summed E-state index contributed by atoms with van der Waals surface area (Å²) in [6.07, 6.45) is 0. The average molecular weight is 954 g/mol. The van der Waals surface area contributed by atoms with E-state index in [0.717, 1.165) is 0 Å². The van der Waals surface area contributed by atoms with Crippen molar-refractivity contribution >= 4 is 86.2 Å². The predicted octanol–water partition coefficient (Wildman–Crippen LogP) is 10.9. The fourth-order valence-electron chi connectivity index (χ4n) is 8.13. The molecule has 0 heterocycles. The zero-order chi connectivity index (χ0) is 46.9. The Balaban J connectivity index is 1.18. The van der Waals surface area contributed by atoms with E-state index >= 15 is 13.7 Å². The molecule has 0 saturated heterocycles. The van der Waals surface area contributed by atoms with Gasteiger partial charge in [-0.05, 0) is 218 Å². The number of hydrogen-bond donors (Lipinski definition) is 0. The van der Waals surface area contributed by atoms with Gasteiger partial charge in [-0.2, -0.15) is 0 Å². The van der Waals surface area contributed by atoms with E-state index in [1.165, 1.54) is 146 Å². The van der Waals surface area contributed by atoms with Gasteiger partial charge in [0.05, 0.1) is 0 Å². The molecule has 0 fully saturated rings. The van der Waals surface area contributed by atoms with Gasteiger partial charge in [-0.25, -0.2) is 26.3 Å². The third-order valence-electron chi connectivity index (χ3n) is 11.6. The molecule has 67 heavy (non-hydrogen) atoms. The minimum Gasteiger partial charge on any atom is -0.311 e. The predicted molar refractivity (Wildman–Crippen MR) is 259 cm³/mol. The summed E-state index contributed by atoms with van der Waals surface area (Å²) in [6.45, 7) is 0. The van der Waals surface area contributed by atoms with Crippen molar-refractivity contribution in [2.24, 2.45) is 0 Å². The van der Waals surface area contributed by atoms with E-state index in [-0.39, 0.29) is 0 Å². The lowest BCUT2D eigenvalue weighted by Crippen LogP contribution is -2.26. The van der Waals surface area contributed by atoms with Crippen LogP contribution in [-0.2, 0) is 13.7 Å². The first-order chi connectivity index (χ1) is 32.3. The molecule has 0 aliphatic rings. The van der Waals surface area contributed by atoms with Crippen LogP contribution < -0.4 is 52.6 Å². The van der Waals surface area contributed by atoms with Crippen LogP contribution in [-0.4, -0.2) is 0 Å². The first kappa shape index (κ1) is 45.2. The Bertz CT molecular complexity index is 2830. The Hall–Kier alpha value is -6.95. The number of halogens is 6. The molecule has 0 atom stereocenters. The maximum atomic E-state index is 15.3. The zero-order valence-corrected chi connectivity index (χ0v) is 37.7. The van der Waals surface area contributed by atoms with E-state index in [1.54, 1.807) is 72.8 Å². The standard InChI is InChI=1S/C54H36F6NO3P3/c55-37-1-19-46(20-2-37)65(62,47-21-3-38(56)4-22-47)52-31-13-43(14-32-52)61(44-15-33-53(34-16-44)66(63,48-23-5-39(57)6-24-48)49-25-7-40(58)8-26-49)45-17-35-54(36-18-45)67(64,50-27-9-41(59)10-28-50)51-29-11-42(60)12-30-51/h1-36H. The number of hydrogen-bond acceptors (Lipinski definition) is 4. The molecule has 0 unspecified atom stereocenters. The van der Waals surface area contributed by atoms with Crippen LogP contribution in [0, 0.1) is 34.9 Å². The van der Waals surface area contributed by atoms with Crippen molar-refractivity contribution in [2.75, 3.05) is 4.90 Å². The van der Waals surface area contributed by atoms with Gasteiger partial charge in [0.2, 0.25) is 0 Å². The molecule has 4 nitrogen and oxygen atoms in total. The van der Waals surface area contributed by atoms with Crippen LogP contribution in [0.1, 0.15) is 0 Å². The lowest BCUT2D eigenvalue weighted by molar-refractivity contribution is 0.591. The van der Waals surface area contributed by atoms with E-state index in [2.05, 4.69) is 0 Å². The second-order valence-electron chi connectivity index (χ2n) is 15.6. The fourth-order valence-corrected chi connectivity index (χ4v) is 15.9. The summed E-state index contributed by atoms with van der Waals surface area (Å²) in [4.78, 5) is 1.85. The summed E-state index contributed by atoms with van der Waals surface area (Å²) in [7, 11) is -11.1. The monoisotopic (exact) mass is 953 g/mol. The Labute approximate surface area is 383 Å². The van der Waals surface area contributed by atoms with Gasteiger partial charge in [-0.15, -0.1) is 0 Å². The van der Waals surface area contributed by atoms with Crippen LogP contribution >= 0.6 is 21.4 Å². The molecular weight excluding hydrogens is 918 g/mol. The molecule has 0 aliphatic carbocycles. The second kappa shape index (κ2) is 18.4. The van der Waals surface area contributed by atoms with Crippen LogP contribution in [0.15, 0.2) is 218 Å². The topological polar surface area (TPSA) is 54.5 Å². The quantitative estimate of drug-likeness (QED) is 0.0904. The summed E-state index contributed by atoms with van der Waals surface area (Å²) in [5.74, 6) is -3.11. The fraction of sp³-hybridized carbons (Fsp3) is 0. The number of anilines is 3. The Morgan fingerprint density at radius 1 is 0.209 bits per heavy atom. The molecule has 0 aliphatic heterocycles. The lowest BCUT2D eigenvalue weighted by Gasteiger charge is -2.28. The minimum absolute atomic E-state index is 0.328. The Morgan fingerprint density at radius 3 is 0.463 bits per heavy atom. The van der Waals surface area contributed by atoms with E-state index in [0.29, 0.717) is 64.8 Å². The van der Waals surface area contributed by atoms with Crippen molar-refractivity contribution in [3.63, 3.8) is 0 Å². The minimum atomic E-state index is -3.70. The zero-order valence-electron chi connectivity index (χ0n) is 35.1. The van der Waals surface area contributed by atoms with Gasteiger partial charge < -0.3 is 18.6 Å². The van der Waals surface area contributed by atoms with Crippen molar-refractivity contribution in [3.8, 4) is 0 Å². The Kier molecular flexibility index (Phi) is 12.4. The molecule has 0 saturated carbocycles. The van der Waals surface area contributed by atoms with Gasteiger partial charge in [-0.3, -0.25) is 0 Å². The summed E-state index contributed by atoms with van der Waals surface area (Å²) >= 11 is 0. The SMILES string of the molecule is O=P(c1ccc(F)cc1)(c1ccc(F)cc1)c1ccc(N(c2ccc(P(=O)(c3ccc(F)cc3)c3ccc(F)cc3)cc2)c2ccc(P(=O)(c3ccc(F)cc3)c3ccc(F)cc3)cc2)cc1. The van der Waals surface area contributed by atoms with Crippen molar-refractivity contribution < 1.29 is 40.0 Å². The highest BCUT2D eigenvalue weighted by Crippen LogP contribution is 2.47. The highest BCUT2D eigenvalue weighted by molar-refractivity contribution is 7.86. The third kappa shape index (κ3) is 8.65. The molecule has 0 spiro atoms. The molecule has 9 aromatic rings. The highest BCUT2D eigenvalue weighted by Gasteiger charge is 2.33. The molecule has 9 rings (SSSR count). The van der Waals surface area contributed by atoms with Crippen molar-refractivity contribution in [3.05, 3.63) is 253 Å². The molecule has 332 valence electrons. The largest absolute Gasteiger partial charge is 0.311 e. The highest BCUT2D eigenvalue weighted by atomic mass is 31.2. The van der Waals surface area contributed by atoms with Crippen LogP contribution in [0.3, 0.4) is 0 Å². The lowest BCUT2D eigenvalue weighted by atomic mass is 10.2. The maximum Gasteiger partial charge on any atom is 0.171 e. The van der Waals surface area contributed by atoms with Crippen molar-refractivity contribution in [1.82, 2.24) is 0 Å². The molecule has 13 heteroatoms. The van der Waals surface area contributed by atoms with Crippen LogP contribution in [0.5, 0.6) is 0 Å². The average Bonchev–Trinajstić information content (AvgIpc) is 3.35. The molecule has 0 radical (unpaired) electrons. The normalized spacial score (nSPS) is 11.9. The first-order valence-electron chi connectivity index (χ1n) is 20.8. The number of benzene rings is 9. The van der Waals surface area contributed by atoms with Gasteiger partial charge in [-0.1, -0.05) is 0 Å². The summed E-state index contributed by atoms with van der Waals surface area (Å²) in [5, 5.41) is 3.09. The molecular formula is C54H36F6NO3P3. The summed E-state index contributed by atoms with van der Waals surface area (Å²) < 4.78 is 131. The van der Waals surface area contributed by atoms with E-state index in [1.807, 2.05) is 4.90 Å². The van der Waals surface area contributed by atoms with Crippen LogP contribution in [0.2, 0.25) is 0 Å². The van der Waals surface area contributed by atoms with Crippen molar-refractivity contribution in [2.45, 2.75) is 0 Å². The number of rotatable bonds is 12. The second-order valence-corrected chi connectivity index (χ2v) is 23.9. The molecule has 0 N–H and O–H groups in total. The van der Waals surface area contributed by atoms with Crippen LogP contribution in [0.25, 0.3) is 0 Å². The maximum absolute atomic E-state index is 15.3. The smallest absolute Gasteiger partial charge is 0.171 e. The third-order valence-corrected chi connectivity index (χ3v) is 20.8. The molecule has 0 bridgehead atoms. The van der Waals surface area contributed by atoms with E-state index < -0.39 is 56.3 Å². The summed E-state index contributed by atoms with van der Waals surface area (Å²) in [5.41, 5.74) is 1.65. The van der Waals surface area contributed by atoms with Crippen LogP contribution in [0.4, 0.5) is 43.4 Å².